The summed E-state index contributed by atoms with van der Waals surface area (Å²) in [4.78, 5) is 22.8. The molecule has 0 fully saturated rings. The van der Waals surface area contributed by atoms with Crippen LogP contribution in [0.1, 0.15) is 32.8 Å². The first kappa shape index (κ1) is 17.0. The number of amides is 1. The van der Waals surface area contributed by atoms with Gasteiger partial charge in [-0.15, -0.1) is 0 Å². The van der Waals surface area contributed by atoms with Crippen molar-refractivity contribution >= 4 is 11.9 Å². The molecule has 0 aliphatic heterocycles. The number of benzene rings is 1. The van der Waals surface area contributed by atoms with Crippen LogP contribution >= 0.6 is 0 Å². The Morgan fingerprint density at radius 1 is 1.24 bits per heavy atom. The molecule has 1 atom stereocenters. The molecule has 1 unspecified atom stereocenters. The van der Waals surface area contributed by atoms with Crippen molar-refractivity contribution < 1.29 is 19.4 Å². The minimum atomic E-state index is -1.00. The van der Waals surface area contributed by atoms with Gasteiger partial charge in [0.15, 0.2) is 0 Å². The highest BCUT2D eigenvalue weighted by Crippen LogP contribution is 2.13. The maximum atomic E-state index is 11.8. The van der Waals surface area contributed by atoms with Gasteiger partial charge in [-0.05, 0) is 37.0 Å². The van der Waals surface area contributed by atoms with Gasteiger partial charge in [-0.1, -0.05) is 26.0 Å². The highest BCUT2D eigenvalue weighted by atomic mass is 16.5. The number of hydrogen-bond acceptors (Lipinski definition) is 3. The van der Waals surface area contributed by atoms with E-state index in [4.69, 9.17) is 9.84 Å². The second-order valence-corrected chi connectivity index (χ2v) is 5.20. The van der Waals surface area contributed by atoms with Crippen molar-refractivity contribution in [2.24, 2.45) is 5.92 Å². The summed E-state index contributed by atoms with van der Waals surface area (Å²) in [6, 6.07) is 6.72. The van der Waals surface area contributed by atoms with Gasteiger partial charge < -0.3 is 15.2 Å². The molecule has 1 amide bonds. The summed E-state index contributed by atoms with van der Waals surface area (Å²) in [5.41, 5.74) is 1.02. The summed E-state index contributed by atoms with van der Waals surface area (Å²) in [5.74, 6) is -0.585. The predicted octanol–water partition coefficient (Wildman–Crippen LogP) is 2.24. The van der Waals surface area contributed by atoms with E-state index in [-0.39, 0.29) is 18.2 Å². The standard InChI is InChI=1S/C16H23NO4/c1-4-21-13-8-5-12(6-9-13)7-10-14(18)17-15(11(2)3)16(19)20/h5-6,8-9,11,15H,4,7,10H2,1-3H3,(H,17,18)(H,19,20). The molecule has 0 aliphatic rings. The van der Waals surface area contributed by atoms with Crippen LogP contribution in [0.2, 0.25) is 0 Å². The largest absolute Gasteiger partial charge is 0.494 e. The van der Waals surface area contributed by atoms with Gasteiger partial charge in [-0.2, -0.15) is 0 Å². The SMILES string of the molecule is CCOc1ccc(CCC(=O)NC(C(=O)O)C(C)C)cc1. The molecule has 0 aliphatic carbocycles. The lowest BCUT2D eigenvalue weighted by molar-refractivity contribution is -0.143. The molecular formula is C16H23NO4. The summed E-state index contributed by atoms with van der Waals surface area (Å²) in [6.07, 6.45) is 0.840. The number of aliphatic carboxylic acids is 1. The minimum Gasteiger partial charge on any atom is -0.494 e. The Kier molecular flexibility index (Phi) is 6.72. The lowest BCUT2D eigenvalue weighted by Gasteiger charge is -2.17. The lowest BCUT2D eigenvalue weighted by Crippen LogP contribution is -2.44. The molecule has 0 bridgehead atoms. The first-order chi connectivity index (χ1) is 9.93. The van der Waals surface area contributed by atoms with Crippen LogP contribution in [-0.2, 0) is 16.0 Å². The third kappa shape index (κ3) is 5.85. The van der Waals surface area contributed by atoms with E-state index in [1.807, 2.05) is 31.2 Å². The monoisotopic (exact) mass is 293 g/mol. The fraction of sp³-hybridized carbons (Fsp3) is 0.500. The molecule has 0 heterocycles. The Labute approximate surface area is 125 Å². The van der Waals surface area contributed by atoms with Crippen LogP contribution in [0.4, 0.5) is 0 Å². The van der Waals surface area contributed by atoms with Crippen molar-refractivity contribution in [1.29, 1.82) is 0 Å². The Hall–Kier alpha value is -2.04. The fourth-order valence-corrected chi connectivity index (χ4v) is 1.94. The zero-order valence-corrected chi connectivity index (χ0v) is 12.8. The topological polar surface area (TPSA) is 75.6 Å². The van der Waals surface area contributed by atoms with Crippen molar-refractivity contribution in [3.05, 3.63) is 29.8 Å². The summed E-state index contributed by atoms with van der Waals surface area (Å²) in [6.45, 7) is 6.08. The van der Waals surface area contributed by atoms with Gasteiger partial charge in [0, 0.05) is 6.42 Å². The number of rotatable bonds is 8. The molecule has 0 saturated heterocycles. The number of carbonyl (C=O) groups excluding carboxylic acids is 1. The van der Waals surface area contributed by atoms with Crippen molar-refractivity contribution in [1.82, 2.24) is 5.32 Å². The first-order valence-corrected chi connectivity index (χ1v) is 7.18. The Bertz CT molecular complexity index is 468. The third-order valence-corrected chi connectivity index (χ3v) is 3.12. The van der Waals surface area contributed by atoms with E-state index in [2.05, 4.69) is 5.32 Å². The number of nitrogens with one attached hydrogen (secondary N) is 1. The maximum absolute atomic E-state index is 11.8. The molecule has 1 aromatic carbocycles. The zero-order valence-electron chi connectivity index (χ0n) is 12.8. The van der Waals surface area contributed by atoms with Crippen molar-refractivity contribution in [2.45, 2.75) is 39.7 Å². The number of carbonyl (C=O) groups is 2. The van der Waals surface area contributed by atoms with E-state index < -0.39 is 12.0 Å². The normalized spacial score (nSPS) is 12.0. The van der Waals surface area contributed by atoms with Gasteiger partial charge in [0.05, 0.1) is 6.61 Å². The summed E-state index contributed by atoms with van der Waals surface area (Å²) >= 11 is 0. The molecule has 21 heavy (non-hydrogen) atoms. The molecule has 116 valence electrons. The van der Waals surface area contributed by atoms with Gasteiger partial charge in [0.2, 0.25) is 5.91 Å². The predicted molar refractivity (Wildman–Crippen MR) is 80.3 cm³/mol. The molecule has 5 heteroatoms. The quantitative estimate of drug-likeness (QED) is 0.770. The van der Waals surface area contributed by atoms with Crippen molar-refractivity contribution in [2.75, 3.05) is 6.61 Å². The summed E-state index contributed by atoms with van der Waals surface area (Å²) < 4.78 is 5.35. The summed E-state index contributed by atoms with van der Waals surface area (Å²) in [7, 11) is 0. The number of aryl methyl sites for hydroxylation is 1. The summed E-state index contributed by atoms with van der Waals surface area (Å²) in [5, 5.41) is 11.6. The average molecular weight is 293 g/mol. The van der Waals surface area contributed by atoms with E-state index in [0.717, 1.165) is 11.3 Å². The smallest absolute Gasteiger partial charge is 0.326 e. The van der Waals surface area contributed by atoms with Crippen molar-refractivity contribution in [3.63, 3.8) is 0 Å². The molecule has 5 nitrogen and oxygen atoms in total. The van der Waals surface area contributed by atoms with E-state index in [0.29, 0.717) is 13.0 Å². The highest BCUT2D eigenvalue weighted by Gasteiger charge is 2.22. The van der Waals surface area contributed by atoms with Gasteiger partial charge in [0.1, 0.15) is 11.8 Å². The van der Waals surface area contributed by atoms with E-state index in [1.165, 1.54) is 0 Å². The highest BCUT2D eigenvalue weighted by molar-refractivity contribution is 5.83. The number of carboxylic acids is 1. The second-order valence-electron chi connectivity index (χ2n) is 5.20. The van der Waals surface area contributed by atoms with Gasteiger partial charge >= 0.3 is 5.97 Å². The van der Waals surface area contributed by atoms with Crippen LogP contribution in [0.25, 0.3) is 0 Å². The Balaban J connectivity index is 2.47. The number of carboxylic acid groups (broad SMARTS) is 1. The molecule has 0 saturated carbocycles. The second kappa shape index (κ2) is 8.29. The minimum absolute atomic E-state index is 0.142. The third-order valence-electron chi connectivity index (χ3n) is 3.12. The van der Waals surface area contributed by atoms with Crippen LogP contribution in [0.5, 0.6) is 5.75 Å². The molecule has 0 radical (unpaired) electrons. The Morgan fingerprint density at radius 2 is 1.86 bits per heavy atom. The molecule has 2 N–H and O–H groups in total. The Morgan fingerprint density at radius 3 is 2.33 bits per heavy atom. The maximum Gasteiger partial charge on any atom is 0.326 e. The molecule has 0 spiro atoms. The number of ether oxygens (including phenoxy) is 1. The molecule has 1 rings (SSSR count). The van der Waals surface area contributed by atoms with Gasteiger partial charge in [-0.25, -0.2) is 4.79 Å². The molecule has 0 aromatic heterocycles. The molecular weight excluding hydrogens is 270 g/mol. The molecule has 1 aromatic rings. The van der Waals surface area contributed by atoms with Gasteiger partial charge in [0.25, 0.3) is 0 Å². The van der Waals surface area contributed by atoms with Crippen LogP contribution in [-0.4, -0.2) is 29.6 Å². The van der Waals surface area contributed by atoms with Gasteiger partial charge in [-0.3, -0.25) is 4.79 Å². The van der Waals surface area contributed by atoms with E-state index in [9.17, 15) is 9.59 Å². The first-order valence-electron chi connectivity index (χ1n) is 7.18. The van der Waals surface area contributed by atoms with Crippen molar-refractivity contribution in [3.8, 4) is 5.75 Å². The zero-order chi connectivity index (χ0) is 15.8. The average Bonchev–Trinajstić information content (AvgIpc) is 2.43. The van der Waals surface area contributed by atoms with Crippen LogP contribution < -0.4 is 10.1 Å². The lowest BCUT2D eigenvalue weighted by atomic mass is 10.0. The van der Waals surface area contributed by atoms with Crippen LogP contribution in [0, 0.1) is 5.92 Å². The van der Waals surface area contributed by atoms with Crippen LogP contribution in [0.15, 0.2) is 24.3 Å². The van der Waals surface area contributed by atoms with E-state index >= 15 is 0 Å². The fourth-order valence-electron chi connectivity index (χ4n) is 1.94. The van der Waals surface area contributed by atoms with Crippen LogP contribution in [0.3, 0.4) is 0 Å². The number of hydrogen-bond donors (Lipinski definition) is 2. The van der Waals surface area contributed by atoms with E-state index in [1.54, 1.807) is 13.8 Å².